The van der Waals surface area contributed by atoms with Gasteiger partial charge in [0.1, 0.15) is 5.15 Å². The van der Waals surface area contributed by atoms with Crippen molar-refractivity contribution in [3.05, 3.63) is 37.9 Å². The molecular weight excluding hydrogens is 279 g/mol. The van der Waals surface area contributed by atoms with Crippen LogP contribution < -0.4 is 0 Å². The zero-order valence-corrected chi connectivity index (χ0v) is 9.96. The highest BCUT2D eigenvalue weighted by molar-refractivity contribution is 9.10. The van der Waals surface area contributed by atoms with Crippen molar-refractivity contribution >= 4 is 27.5 Å². The molecule has 15 heavy (non-hydrogen) atoms. The molecule has 1 aromatic rings. The largest absolute Gasteiger partial charge is 0.242 e. The van der Waals surface area contributed by atoms with Gasteiger partial charge in [-0.1, -0.05) is 28.6 Å². The van der Waals surface area contributed by atoms with Crippen LogP contribution in [0.15, 0.2) is 21.9 Å². The lowest BCUT2D eigenvalue weighted by Crippen LogP contribution is -1.82. The summed E-state index contributed by atoms with van der Waals surface area (Å²) in [4.78, 5) is 6.55. The molecule has 0 N–H and O–H groups in total. The van der Waals surface area contributed by atoms with Gasteiger partial charge < -0.3 is 0 Å². The minimum Gasteiger partial charge on any atom is -0.242 e. The van der Waals surface area contributed by atoms with E-state index in [1.807, 2.05) is 0 Å². The van der Waals surface area contributed by atoms with Crippen LogP contribution in [0.5, 0.6) is 0 Å². The van der Waals surface area contributed by atoms with Crippen LogP contribution in [0.25, 0.3) is 10.4 Å². The van der Waals surface area contributed by atoms with E-state index >= 15 is 0 Å². The quantitative estimate of drug-likeness (QED) is 0.205. The van der Waals surface area contributed by atoms with Crippen LogP contribution in [0.4, 0.5) is 0 Å². The minimum absolute atomic E-state index is 0.364. The van der Waals surface area contributed by atoms with Crippen molar-refractivity contribution in [3.63, 3.8) is 0 Å². The van der Waals surface area contributed by atoms with Gasteiger partial charge in [-0.05, 0) is 27.5 Å². The number of halogens is 2. The molecule has 1 rings (SSSR count). The van der Waals surface area contributed by atoms with Gasteiger partial charge in [0.2, 0.25) is 0 Å². The van der Waals surface area contributed by atoms with Gasteiger partial charge in [-0.15, -0.1) is 0 Å². The molecule has 0 aromatic carbocycles. The van der Waals surface area contributed by atoms with Crippen molar-refractivity contribution in [1.82, 2.24) is 4.98 Å². The number of nitrogens with zero attached hydrogens (tertiary/aromatic N) is 4. The molecule has 6 heteroatoms. The summed E-state index contributed by atoms with van der Waals surface area (Å²) in [6.07, 6.45) is 2.11. The lowest BCUT2D eigenvalue weighted by atomic mass is 10.3. The molecule has 0 bridgehead atoms. The lowest BCUT2D eigenvalue weighted by Gasteiger charge is -1.94. The molecule has 76 valence electrons. The molecule has 0 spiro atoms. The van der Waals surface area contributed by atoms with Crippen molar-refractivity contribution < 1.29 is 0 Å². The predicted molar refractivity (Wildman–Crippen MR) is 62.5 cm³/mol. The number of hydrogen-bond donors (Lipinski definition) is 0. The maximum absolute atomic E-state index is 8.04. The van der Waals surface area contributed by atoms with E-state index in [4.69, 9.17) is 17.1 Å². The maximum Gasteiger partial charge on any atom is 0.144 e. The second-order valence-corrected chi connectivity index (χ2v) is 3.77. The SMILES string of the molecule is [N-]=[N+]=NCCC#Cc1cc(Br)cnc1Cl. The third-order valence-electron chi connectivity index (χ3n) is 1.43. The Bertz CT molecular complexity index is 457. The summed E-state index contributed by atoms with van der Waals surface area (Å²) in [7, 11) is 0. The summed E-state index contributed by atoms with van der Waals surface area (Å²) >= 11 is 9.09. The van der Waals surface area contributed by atoms with E-state index < -0.39 is 0 Å². The van der Waals surface area contributed by atoms with Crippen LogP contribution in [-0.4, -0.2) is 11.5 Å². The maximum atomic E-state index is 8.04. The number of azide groups is 1. The van der Waals surface area contributed by atoms with Gasteiger partial charge in [0.25, 0.3) is 0 Å². The summed E-state index contributed by atoms with van der Waals surface area (Å²) < 4.78 is 0.825. The highest BCUT2D eigenvalue weighted by Crippen LogP contribution is 2.16. The first-order valence-corrected chi connectivity index (χ1v) is 5.22. The number of rotatable bonds is 2. The second kappa shape index (κ2) is 6.31. The Kier molecular flexibility index (Phi) is 4.99. The Labute approximate surface area is 100 Å². The second-order valence-electron chi connectivity index (χ2n) is 2.50. The highest BCUT2D eigenvalue weighted by Gasteiger charge is 1.98. The Morgan fingerprint density at radius 2 is 2.47 bits per heavy atom. The summed E-state index contributed by atoms with van der Waals surface area (Å²) in [6.45, 7) is 0.364. The third-order valence-corrected chi connectivity index (χ3v) is 2.16. The molecule has 0 radical (unpaired) electrons. The number of pyridine rings is 1. The van der Waals surface area contributed by atoms with Crippen LogP contribution in [-0.2, 0) is 0 Å². The monoisotopic (exact) mass is 284 g/mol. The van der Waals surface area contributed by atoms with Gasteiger partial charge in [0.15, 0.2) is 0 Å². The molecule has 1 aromatic heterocycles. The van der Waals surface area contributed by atoms with Crippen molar-refractivity contribution in [2.24, 2.45) is 5.11 Å². The van der Waals surface area contributed by atoms with Crippen molar-refractivity contribution in [2.75, 3.05) is 6.54 Å². The third kappa shape index (κ3) is 4.22. The molecule has 0 unspecified atom stereocenters. The molecule has 0 atom stereocenters. The highest BCUT2D eigenvalue weighted by atomic mass is 79.9. The van der Waals surface area contributed by atoms with Crippen molar-refractivity contribution in [1.29, 1.82) is 0 Å². The smallest absolute Gasteiger partial charge is 0.144 e. The van der Waals surface area contributed by atoms with Gasteiger partial charge in [-0.2, -0.15) is 0 Å². The molecule has 4 nitrogen and oxygen atoms in total. The fraction of sp³-hybridized carbons (Fsp3) is 0.222. The average molecular weight is 286 g/mol. The molecule has 0 fully saturated rings. The summed E-state index contributed by atoms with van der Waals surface area (Å²) in [5.41, 5.74) is 8.70. The van der Waals surface area contributed by atoms with Crippen LogP contribution in [0, 0.1) is 11.8 Å². The predicted octanol–water partition coefficient (Wildman–Crippen LogP) is 3.55. The summed E-state index contributed by atoms with van der Waals surface area (Å²) in [5.74, 6) is 5.70. The number of aromatic nitrogens is 1. The number of hydrogen-bond acceptors (Lipinski definition) is 2. The van der Waals surface area contributed by atoms with E-state index in [-0.39, 0.29) is 0 Å². The zero-order chi connectivity index (χ0) is 11.1. The van der Waals surface area contributed by atoms with Crippen LogP contribution in [0.2, 0.25) is 5.15 Å². The Hall–Kier alpha value is -1.21. The average Bonchev–Trinajstić information content (AvgIpc) is 2.23. The minimum atomic E-state index is 0.364. The van der Waals surface area contributed by atoms with E-state index in [2.05, 4.69) is 42.8 Å². The van der Waals surface area contributed by atoms with Gasteiger partial charge in [-0.3, -0.25) is 0 Å². The molecule has 0 aliphatic heterocycles. The van der Waals surface area contributed by atoms with E-state index in [0.29, 0.717) is 23.7 Å². The Morgan fingerprint density at radius 3 is 3.20 bits per heavy atom. The van der Waals surface area contributed by atoms with Crippen LogP contribution >= 0.6 is 27.5 Å². The van der Waals surface area contributed by atoms with E-state index in [0.717, 1.165) is 4.47 Å². The zero-order valence-electron chi connectivity index (χ0n) is 7.61. The van der Waals surface area contributed by atoms with E-state index in [9.17, 15) is 0 Å². The summed E-state index contributed by atoms with van der Waals surface area (Å²) in [5, 5.41) is 3.73. The van der Waals surface area contributed by atoms with Gasteiger partial charge in [0, 0.05) is 28.5 Å². The van der Waals surface area contributed by atoms with Gasteiger partial charge in [-0.25, -0.2) is 4.98 Å². The topological polar surface area (TPSA) is 61.7 Å². The standard InChI is InChI=1S/C9H6BrClN4/c10-8-5-7(9(11)13-6-8)3-1-2-4-14-15-12/h5-6H,2,4H2. The van der Waals surface area contributed by atoms with E-state index in [1.165, 1.54) is 0 Å². The summed E-state index contributed by atoms with van der Waals surface area (Å²) in [6, 6.07) is 1.79. The van der Waals surface area contributed by atoms with Gasteiger partial charge >= 0.3 is 0 Å². The Balaban J connectivity index is 2.70. The first-order valence-electron chi connectivity index (χ1n) is 4.05. The van der Waals surface area contributed by atoms with Crippen molar-refractivity contribution in [2.45, 2.75) is 6.42 Å². The van der Waals surface area contributed by atoms with Crippen molar-refractivity contribution in [3.8, 4) is 11.8 Å². The molecule has 0 saturated carbocycles. The first kappa shape index (κ1) is 11.9. The first-order chi connectivity index (χ1) is 7.24. The fourth-order valence-corrected chi connectivity index (χ4v) is 1.30. The van der Waals surface area contributed by atoms with Gasteiger partial charge in [0.05, 0.1) is 5.56 Å². The molecule has 0 aliphatic rings. The Morgan fingerprint density at radius 1 is 1.67 bits per heavy atom. The lowest BCUT2D eigenvalue weighted by molar-refractivity contribution is 1.01. The normalized spacial score (nSPS) is 8.67. The molecular formula is C9H6BrClN4. The van der Waals surface area contributed by atoms with Crippen LogP contribution in [0.1, 0.15) is 12.0 Å². The molecule has 1 heterocycles. The van der Waals surface area contributed by atoms with E-state index in [1.54, 1.807) is 12.3 Å². The van der Waals surface area contributed by atoms with Crippen LogP contribution in [0.3, 0.4) is 0 Å². The molecule has 0 aliphatic carbocycles. The molecule has 0 saturated heterocycles. The molecule has 0 amide bonds. The fourth-order valence-electron chi connectivity index (χ4n) is 0.819.